The van der Waals surface area contributed by atoms with Crippen LogP contribution in [0.3, 0.4) is 0 Å². The highest BCUT2D eigenvalue weighted by atomic mass is 19.4. The molecule has 0 saturated carbocycles. The van der Waals surface area contributed by atoms with Gasteiger partial charge in [-0.1, -0.05) is 6.07 Å². The minimum absolute atomic E-state index is 0.0324. The lowest BCUT2D eigenvalue weighted by atomic mass is 10.1. The molecule has 0 unspecified atom stereocenters. The van der Waals surface area contributed by atoms with Crippen LogP contribution >= 0.6 is 0 Å². The van der Waals surface area contributed by atoms with Gasteiger partial charge in [0.15, 0.2) is 5.96 Å². The van der Waals surface area contributed by atoms with Gasteiger partial charge in [0.05, 0.1) is 17.7 Å². The van der Waals surface area contributed by atoms with Crippen molar-refractivity contribution < 1.29 is 57.2 Å². The number of nitrogens with one attached hydrogen (secondary N) is 1. The number of hydrogen-bond donors (Lipinski definition) is 6. The van der Waals surface area contributed by atoms with Crippen LogP contribution in [0.1, 0.15) is 32.7 Å². The number of aliphatic imine (C=N–C) groups is 1. The van der Waals surface area contributed by atoms with E-state index < -0.39 is 48.4 Å². The van der Waals surface area contributed by atoms with Crippen LogP contribution in [0.15, 0.2) is 47.5 Å². The predicted octanol–water partition coefficient (Wildman–Crippen LogP) is 1.41. The van der Waals surface area contributed by atoms with Gasteiger partial charge in [0.2, 0.25) is 0 Å². The molecule has 204 valence electrons. The molecule has 0 bridgehead atoms. The van der Waals surface area contributed by atoms with E-state index >= 15 is 0 Å². The number of nitrogens with zero attached hydrogens (tertiary/aromatic N) is 1. The van der Waals surface area contributed by atoms with E-state index in [2.05, 4.69) is 10.3 Å². The lowest BCUT2D eigenvalue weighted by Gasteiger charge is -2.15. The summed E-state index contributed by atoms with van der Waals surface area (Å²) in [7, 11) is 0. The van der Waals surface area contributed by atoms with Gasteiger partial charge in [-0.15, -0.1) is 0 Å². The Hall–Kier alpha value is -5.15. The highest BCUT2D eigenvalue weighted by Gasteiger charge is 2.38. The Morgan fingerprint density at radius 3 is 2.00 bits per heavy atom. The summed E-state index contributed by atoms with van der Waals surface area (Å²) in [6.07, 6.45) is -5.87. The zero-order chi connectivity index (χ0) is 29.2. The number of carboxylic acids is 3. The summed E-state index contributed by atoms with van der Waals surface area (Å²) < 4.78 is 37.1. The van der Waals surface area contributed by atoms with E-state index in [0.717, 1.165) is 0 Å². The molecule has 8 N–H and O–H groups in total. The van der Waals surface area contributed by atoms with Crippen LogP contribution in [-0.4, -0.2) is 63.3 Å². The van der Waals surface area contributed by atoms with Crippen molar-refractivity contribution in [2.24, 2.45) is 16.5 Å². The van der Waals surface area contributed by atoms with Gasteiger partial charge in [0.1, 0.15) is 11.8 Å². The number of benzene rings is 2. The van der Waals surface area contributed by atoms with Crippen LogP contribution in [0.5, 0.6) is 5.75 Å². The Morgan fingerprint density at radius 1 is 1.00 bits per heavy atom. The number of carboxylic acid groups (broad SMARTS) is 3. The van der Waals surface area contributed by atoms with Gasteiger partial charge in [0.25, 0.3) is 5.91 Å². The minimum Gasteiger partial charge on any atom is -0.481 e. The number of aliphatic carboxylic acids is 3. The van der Waals surface area contributed by atoms with Crippen LogP contribution in [0.4, 0.5) is 18.9 Å². The lowest BCUT2D eigenvalue weighted by Crippen LogP contribution is -2.42. The summed E-state index contributed by atoms with van der Waals surface area (Å²) in [5, 5.41) is 27.1. The molecule has 0 spiro atoms. The molecule has 0 saturated heterocycles. The third-order valence-corrected chi connectivity index (χ3v) is 4.32. The van der Waals surface area contributed by atoms with Crippen LogP contribution in [0.2, 0.25) is 0 Å². The van der Waals surface area contributed by atoms with Crippen LogP contribution < -0.4 is 21.5 Å². The zero-order valence-electron chi connectivity index (χ0n) is 19.4. The van der Waals surface area contributed by atoms with Crippen LogP contribution in [-0.2, 0) is 14.4 Å². The van der Waals surface area contributed by atoms with Crippen molar-refractivity contribution in [1.29, 1.82) is 0 Å². The van der Waals surface area contributed by atoms with Gasteiger partial charge in [-0.2, -0.15) is 13.2 Å². The molecule has 0 aliphatic heterocycles. The Bertz CT molecular complexity index is 1240. The van der Waals surface area contributed by atoms with E-state index in [9.17, 15) is 32.3 Å². The number of esters is 1. The predicted molar refractivity (Wildman–Crippen MR) is 123 cm³/mol. The monoisotopic (exact) mass is 542 g/mol. The number of carbonyl (C=O) groups excluding carboxylic acids is 2. The number of alkyl halides is 3. The molecular weight excluding hydrogens is 521 g/mol. The fourth-order valence-electron chi connectivity index (χ4n) is 2.56. The summed E-state index contributed by atoms with van der Waals surface area (Å²) in [6.45, 7) is 1.51. The molecule has 0 radical (unpaired) electrons. The second-order valence-corrected chi connectivity index (χ2v) is 7.17. The van der Waals surface area contributed by atoms with E-state index in [1.54, 1.807) is 0 Å². The maximum Gasteiger partial charge on any atom is 0.490 e. The van der Waals surface area contributed by atoms with E-state index in [0.29, 0.717) is 5.69 Å². The molecule has 2 rings (SSSR count). The second kappa shape index (κ2) is 13.2. The second-order valence-electron chi connectivity index (χ2n) is 7.17. The highest BCUT2D eigenvalue weighted by molar-refractivity contribution is 5.99. The number of guanidine groups is 1. The summed E-state index contributed by atoms with van der Waals surface area (Å²) in [5.74, 6) is -7.19. The normalized spacial score (nSPS) is 11.2. The van der Waals surface area contributed by atoms with Gasteiger partial charge in [-0.25, -0.2) is 19.4 Å². The van der Waals surface area contributed by atoms with Gasteiger partial charge in [0, 0.05) is 11.1 Å². The fourth-order valence-corrected chi connectivity index (χ4v) is 2.56. The standard InChI is InChI=1S/C20H20N4O7.C2HF3O2/c1-10-13(17(27)24-14(18(28)29)9-16(25)26)3-2-4-15(10)31-19(30)11-5-7-12(8-6-11)23-20(21)22;3-2(4,5)1(6)7/h2-8,14H,9H2,1H3,(H,24,27)(H,25,26)(H,28,29)(H4,21,22,23);(H,6,7)/t14-;/m0./s1. The molecular formula is C22H21F3N4O9. The van der Waals surface area contributed by atoms with Crippen molar-refractivity contribution in [1.82, 2.24) is 5.32 Å². The first-order chi connectivity index (χ1) is 17.5. The van der Waals surface area contributed by atoms with Crippen molar-refractivity contribution in [3.63, 3.8) is 0 Å². The van der Waals surface area contributed by atoms with E-state index in [1.165, 1.54) is 49.4 Å². The van der Waals surface area contributed by atoms with Crippen molar-refractivity contribution >= 4 is 41.4 Å². The molecule has 16 heteroatoms. The highest BCUT2D eigenvalue weighted by Crippen LogP contribution is 2.23. The Labute approximate surface area is 211 Å². The molecule has 2 aromatic carbocycles. The molecule has 1 atom stereocenters. The summed E-state index contributed by atoms with van der Waals surface area (Å²) >= 11 is 0. The molecule has 38 heavy (non-hydrogen) atoms. The van der Waals surface area contributed by atoms with E-state index in [4.69, 9.17) is 36.3 Å². The quantitative estimate of drug-likeness (QED) is 0.121. The first kappa shape index (κ1) is 30.9. The third kappa shape index (κ3) is 9.84. The van der Waals surface area contributed by atoms with Gasteiger partial charge in [-0.05, 0) is 43.3 Å². The Morgan fingerprint density at radius 2 is 1.55 bits per heavy atom. The van der Waals surface area contributed by atoms with Crippen LogP contribution in [0.25, 0.3) is 0 Å². The first-order valence-electron chi connectivity index (χ1n) is 10.1. The zero-order valence-corrected chi connectivity index (χ0v) is 19.4. The molecule has 1 amide bonds. The molecule has 0 aliphatic rings. The number of rotatable bonds is 8. The van der Waals surface area contributed by atoms with E-state index in [-0.39, 0.29) is 28.4 Å². The van der Waals surface area contributed by atoms with Crippen LogP contribution in [0, 0.1) is 6.92 Å². The topological polar surface area (TPSA) is 232 Å². The summed E-state index contributed by atoms with van der Waals surface area (Å²) in [4.78, 5) is 59.6. The maximum absolute atomic E-state index is 12.5. The minimum atomic E-state index is -5.08. The average molecular weight is 542 g/mol. The van der Waals surface area contributed by atoms with Gasteiger partial charge >= 0.3 is 30.1 Å². The SMILES string of the molecule is Cc1c(OC(=O)c2ccc(N=C(N)N)cc2)cccc1C(=O)N[C@@H](CC(=O)O)C(=O)O.O=C(O)C(F)(F)F. The number of ether oxygens (including phenoxy) is 1. The molecule has 0 aliphatic carbocycles. The molecule has 0 aromatic heterocycles. The maximum atomic E-state index is 12.5. The number of nitrogens with two attached hydrogens (primary N) is 2. The molecule has 13 nitrogen and oxygen atoms in total. The molecule has 2 aromatic rings. The summed E-state index contributed by atoms with van der Waals surface area (Å²) in [6, 6.07) is 8.63. The summed E-state index contributed by atoms with van der Waals surface area (Å²) in [5.41, 5.74) is 11.5. The smallest absolute Gasteiger partial charge is 0.481 e. The van der Waals surface area contributed by atoms with Crippen molar-refractivity contribution in [3.05, 3.63) is 59.2 Å². The van der Waals surface area contributed by atoms with Gasteiger partial charge in [-0.3, -0.25) is 9.59 Å². The number of amides is 1. The van der Waals surface area contributed by atoms with Crippen molar-refractivity contribution in [3.8, 4) is 5.75 Å². The molecule has 0 heterocycles. The largest absolute Gasteiger partial charge is 0.490 e. The lowest BCUT2D eigenvalue weighted by molar-refractivity contribution is -0.192. The Balaban J connectivity index is 0.000000905. The number of hydrogen-bond acceptors (Lipinski definition) is 7. The number of halogens is 3. The number of carbonyl (C=O) groups is 5. The Kier molecular flexibility index (Phi) is 10.8. The first-order valence-corrected chi connectivity index (χ1v) is 10.1. The van der Waals surface area contributed by atoms with Crippen molar-refractivity contribution in [2.45, 2.75) is 25.6 Å². The fraction of sp³-hybridized carbons (Fsp3) is 0.182. The third-order valence-electron chi connectivity index (χ3n) is 4.32. The average Bonchev–Trinajstić information content (AvgIpc) is 2.79. The van der Waals surface area contributed by atoms with Crippen molar-refractivity contribution in [2.75, 3.05) is 0 Å². The van der Waals surface area contributed by atoms with Gasteiger partial charge < -0.3 is 36.8 Å². The van der Waals surface area contributed by atoms with E-state index in [1.807, 2.05) is 0 Å². The molecule has 0 fully saturated rings.